The SMILES string of the molecule is C[C@@H]1Cc2nn(Cc3ccc(C(F)(F)F)nc3)c(=O)n2[C@H](C(=O)N2C[C@@H](F)[C@@H](F)C2)C1. The number of amides is 1. The molecule has 4 rings (SSSR count). The Labute approximate surface area is 173 Å². The number of fused-ring (bicyclic) bond motifs is 1. The zero-order valence-corrected chi connectivity index (χ0v) is 16.5. The number of hydrogen-bond acceptors (Lipinski definition) is 4. The van der Waals surface area contributed by atoms with Crippen LogP contribution in [0.1, 0.15) is 36.5 Å². The summed E-state index contributed by atoms with van der Waals surface area (Å²) in [7, 11) is 0. The van der Waals surface area contributed by atoms with Crippen LogP contribution >= 0.6 is 0 Å². The first-order valence-electron chi connectivity index (χ1n) is 9.82. The molecule has 168 valence electrons. The summed E-state index contributed by atoms with van der Waals surface area (Å²) in [5, 5.41) is 4.25. The van der Waals surface area contributed by atoms with Crippen LogP contribution in [-0.2, 0) is 23.9 Å². The Bertz CT molecular complexity index is 1020. The van der Waals surface area contributed by atoms with Crippen LogP contribution in [0.25, 0.3) is 0 Å². The number of carbonyl (C=O) groups excluding carboxylic acids is 1. The van der Waals surface area contributed by atoms with Gasteiger partial charge in [-0.3, -0.25) is 14.3 Å². The van der Waals surface area contributed by atoms with Crippen molar-refractivity contribution >= 4 is 5.91 Å². The maximum atomic E-state index is 13.6. The van der Waals surface area contributed by atoms with E-state index in [1.165, 1.54) is 10.6 Å². The third-order valence-electron chi connectivity index (χ3n) is 5.64. The average molecular weight is 445 g/mol. The Morgan fingerprint density at radius 2 is 1.87 bits per heavy atom. The molecule has 2 aliphatic heterocycles. The van der Waals surface area contributed by atoms with E-state index in [1.807, 2.05) is 6.92 Å². The maximum absolute atomic E-state index is 13.6. The van der Waals surface area contributed by atoms with Crippen molar-refractivity contribution in [3.05, 3.63) is 45.9 Å². The van der Waals surface area contributed by atoms with Gasteiger partial charge in [-0.2, -0.15) is 18.3 Å². The lowest BCUT2D eigenvalue weighted by atomic mass is 9.93. The van der Waals surface area contributed by atoms with E-state index < -0.39 is 41.9 Å². The largest absolute Gasteiger partial charge is 0.433 e. The molecular formula is C19H20F5N5O2. The topological polar surface area (TPSA) is 73.0 Å². The Morgan fingerprint density at radius 1 is 1.19 bits per heavy atom. The first-order valence-corrected chi connectivity index (χ1v) is 9.82. The van der Waals surface area contributed by atoms with E-state index in [9.17, 15) is 31.5 Å². The number of nitrogens with zero attached hydrogens (tertiary/aromatic N) is 5. The van der Waals surface area contributed by atoms with Crippen molar-refractivity contribution in [3.63, 3.8) is 0 Å². The second-order valence-electron chi connectivity index (χ2n) is 8.11. The number of likely N-dealkylation sites (tertiary alicyclic amines) is 1. The van der Waals surface area contributed by atoms with Crippen LogP contribution in [-0.4, -0.2) is 55.6 Å². The minimum atomic E-state index is -4.57. The van der Waals surface area contributed by atoms with Gasteiger partial charge in [-0.15, -0.1) is 0 Å². The van der Waals surface area contributed by atoms with E-state index in [-0.39, 0.29) is 25.6 Å². The summed E-state index contributed by atoms with van der Waals surface area (Å²) in [5.41, 5.74) is -1.32. The lowest BCUT2D eigenvalue weighted by Gasteiger charge is -2.29. The van der Waals surface area contributed by atoms with Gasteiger partial charge in [-0.1, -0.05) is 13.0 Å². The van der Waals surface area contributed by atoms with Crippen LogP contribution in [0.5, 0.6) is 0 Å². The highest BCUT2D eigenvalue weighted by molar-refractivity contribution is 5.81. The van der Waals surface area contributed by atoms with Gasteiger partial charge in [0, 0.05) is 12.6 Å². The molecule has 1 amide bonds. The Kier molecular flexibility index (Phi) is 5.34. The molecule has 2 aliphatic rings. The second-order valence-corrected chi connectivity index (χ2v) is 8.11. The smallest absolute Gasteiger partial charge is 0.335 e. The third kappa shape index (κ3) is 4.07. The predicted octanol–water partition coefficient (Wildman–Crippen LogP) is 2.15. The molecule has 0 radical (unpaired) electrons. The lowest BCUT2D eigenvalue weighted by Crippen LogP contribution is -2.43. The molecule has 4 heterocycles. The van der Waals surface area contributed by atoms with Crippen molar-refractivity contribution in [1.29, 1.82) is 0 Å². The van der Waals surface area contributed by atoms with Crippen LogP contribution in [0, 0.1) is 5.92 Å². The van der Waals surface area contributed by atoms with Crippen molar-refractivity contribution < 1.29 is 26.7 Å². The molecule has 0 unspecified atom stereocenters. The fourth-order valence-corrected chi connectivity index (χ4v) is 4.09. The fraction of sp³-hybridized carbons (Fsp3) is 0.579. The summed E-state index contributed by atoms with van der Waals surface area (Å²) in [6, 6.07) is 1.10. The monoisotopic (exact) mass is 445 g/mol. The molecule has 0 spiro atoms. The molecule has 0 saturated carbocycles. The summed E-state index contributed by atoms with van der Waals surface area (Å²) in [5.74, 6) is -0.169. The Hall–Kier alpha value is -2.79. The van der Waals surface area contributed by atoms with Crippen molar-refractivity contribution in [2.75, 3.05) is 13.1 Å². The van der Waals surface area contributed by atoms with E-state index in [0.29, 0.717) is 24.2 Å². The van der Waals surface area contributed by atoms with Gasteiger partial charge in [0.25, 0.3) is 0 Å². The molecule has 0 N–H and O–H groups in total. The maximum Gasteiger partial charge on any atom is 0.433 e. The third-order valence-corrected chi connectivity index (χ3v) is 5.64. The van der Waals surface area contributed by atoms with E-state index in [4.69, 9.17) is 0 Å². The van der Waals surface area contributed by atoms with Gasteiger partial charge in [0.05, 0.1) is 19.6 Å². The summed E-state index contributed by atoms with van der Waals surface area (Å²) >= 11 is 0. The van der Waals surface area contributed by atoms with Crippen LogP contribution in [0.3, 0.4) is 0 Å². The van der Waals surface area contributed by atoms with Crippen molar-refractivity contribution in [1.82, 2.24) is 24.2 Å². The molecule has 0 aromatic carbocycles. The zero-order chi connectivity index (χ0) is 22.5. The summed E-state index contributed by atoms with van der Waals surface area (Å²) in [6.07, 6.45) is -6.31. The molecule has 2 aromatic heterocycles. The number of carbonyl (C=O) groups is 1. The minimum absolute atomic E-state index is 0.00869. The van der Waals surface area contributed by atoms with Gasteiger partial charge in [0.15, 0.2) is 12.3 Å². The Morgan fingerprint density at radius 3 is 2.45 bits per heavy atom. The summed E-state index contributed by atoms with van der Waals surface area (Å²) in [6.45, 7) is 1.04. The van der Waals surface area contributed by atoms with Crippen molar-refractivity contribution in [3.8, 4) is 0 Å². The normalized spacial score (nSPS) is 26.2. The van der Waals surface area contributed by atoms with Crippen LogP contribution in [0.4, 0.5) is 22.0 Å². The molecule has 1 fully saturated rings. The lowest BCUT2D eigenvalue weighted by molar-refractivity contribution is -0.141. The van der Waals surface area contributed by atoms with Gasteiger partial charge in [0.1, 0.15) is 17.6 Å². The van der Waals surface area contributed by atoms with Crippen LogP contribution in [0.2, 0.25) is 0 Å². The molecule has 7 nitrogen and oxygen atoms in total. The van der Waals surface area contributed by atoms with Gasteiger partial charge in [0.2, 0.25) is 5.91 Å². The van der Waals surface area contributed by atoms with Crippen molar-refractivity contribution in [2.45, 2.75) is 50.9 Å². The van der Waals surface area contributed by atoms with E-state index in [2.05, 4.69) is 10.1 Å². The summed E-state index contributed by atoms with van der Waals surface area (Å²) in [4.78, 5) is 30.3. The van der Waals surface area contributed by atoms with Gasteiger partial charge >= 0.3 is 11.9 Å². The molecule has 31 heavy (non-hydrogen) atoms. The van der Waals surface area contributed by atoms with Gasteiger partial charge < -0.3 is 4.90 Å². The number of alkyl halides is 5. The minimum Gasteiger partial charge on any atom is -0.335 e. The fourth-order valence-electron chi connectivity index (χ4n) is 4.09. The first-order chi connectivity index (χ1) is 14.5. The van der Waals surface area contributed by atoms with E-state index in [0.717, 1.165) is 21.8 Å². The van der Waals surface area contributed by atoms with Crippen LogP contribution in [0.15, 0.2) is 23.1 Å². The number of aromatic nitrogens is 4. The highest BCUT2D eigenvalue weighted by Gasteiger charge is 2.41. The van der Waals surface area contributed by atoms with E-state index in [1.54, 1.807) is 0 Å². The Balaban J connectivity index is 1.60. The number of pyridine rings is 1. The standard InChI is InChI=1S/C19H20F5N5O2/c1-10-4-14(17(30)27-8-12(20)13(21)9-27)29-16(5-10)26-28(18(29)31)7-11-2-3-15(25-6-11)19(22,23)24/h2-3,6,10,12-14H,4-5,7-9H2,1H3/t10-,12-,13+,14-/m0/s1. The molecular weight excluding hydrogens is 425 g/mol. The second kappa shape index (κ2) is 7.72. The molecule has 2 aromatic rings. The quantitative estimate of drug-likeness (QED) is 0.679. The molecule has 0 aliphatic carbocycles. The average Bonchev–Trinajstić information content (AvgIpc) is 3.19. The van der Waals surface area contributed by atoms with Gasteiger partial charge in [-0.25, -0.2) is 18.3 Å². The molecule has 4 atom stereocenters. The molecule has 12 heteroatoms. The van der Waals surface area contributed by atoms with Crippen LogP contribution < -0.4 is 5.69 Å². The predicted molar refractivity (Wildman–Crippen MR) is 97.7 cm³/mol. The highest BCUT2D eigenvalue weighted by Crippen LogP contribution is 2.30. The molecule has 1 saturated heterocycles. The van der Waals surface area contributed by atoms with E-state index >= 15 is 0 Å². The van der Waals surface area contributed by atoms with Gasteiger partial charge in [-0.05, 0) is 24.0 Å². The number of halogens is 5. The highest BCUT2D eigenvalue weighted by atomic mass is 19.4. The van der Waals surface area contributed by atoms with Crippen molar-refractivity contribution in [2.24, 2.45) is 5.92 Å². The first kappa shape index (κ1) is 21.4. The number of rotatable bonds is 3. The number of hydrogen-bond donors (Lipinski definition) is 0. The summed E-state index contributed by atoms with van der Waals surface area (Å²) < 4.78 is 67.5. The zero-order valence-electron chi connectivity index (χ0n) is 16.5. The molecule has 0 bridgehead atoms.